The monoisotopic (exact) mass is 312 g/mol. The third kappa shape index (κ3) is 3.74. The number of sulfonamides is 1. The van der Waals surface area contributed by atoms with Crippen molar-refractivity contribution in [1.82, 2.24) is 4.72 Å². The number of rotatable bonds is 7. The maximum absolute atomic E-state index is 12.1. The van der Waals surface area contributed by atoms with Crippen molar-refractivity contribution >= 4 is 21.7 Å². The van der Waals surface area contributed by atoms with Gasteiger partial charge in [-0.25, -0.2) is 13.1 Å². The molecule has 0 spiro atoms. The lowest BCUT2D eigenvalue weighted by molar-refractivity contribution is -0.141. The largest absolute Gasteiger partial charge is 0.465 e. The molecule has 0 aliphatic heterocycles. The summed E-state index contributed by atoms with van der Waals surface area (Å²) in [6.45, 7) is 2.13. The van der Waals surface area contributed by atoms with E-state index in [1.807, 2.05) is 4.90 Å². The number of nitrogens with zero attached hydrogens (tertiary/aromatic N) is 1. The van der Waals surface area contributed by atoms with Crippen molar-refractivity contribution in [2.45, 2.75) is 30.7 Å². The predicted molar refractivity (Wildman–Crippen MR) is 79.7 cm³/mol. The normalized spacial score (nSPS) is 14.8. The number of carbonyl (C=O) groups is 1. The SMILES string of the molecule is CCOC(=O)CN(c1ccccc1S(=O)(=O)NC)C1CC1. The van der Waals surface area contributed by atoms with Crippen molar-refractivity contribution in [1.29, 1.82) is 0 Å². The summed E-state index contributed by atoms with van der Waals surface area (Å²) < 4.78 is 31.6. The van der Waals surface area contributed by atoms with E-state index in [1.54, 1.807) is 31.2 Å². The molecule has 0 unspecified atom stereocenters. The van der Waals surface area contributed by atoms with Crippen LogP contribution < -0.4 is 9.62 Å². The summed E-state index contributed by atoms with van der Waals surface area (Å²) >= 11 is 0. The lowest BCUT2D eigenvalue weighted by Crippen LogP contribution is -2.34. The van der Waals surface area contributed by atoms with E-state index in [0.717, 1.165) is 12.8 Å². The lowest BCUT2D eigenvalue weighted by Gasteiger charge is -2.25. The van der Waals surface area contributed by atoms with Gasteiger partial charge in [0.25, 0.3) is 0 Å². The van der Waals surface area contributed by atoms with E-state index in [0.29, 0.717) is 12.3 Å². The van der Waals surface area contributed by atoms with Crippen LogP contribution in [0.15, 0.2) is 29.2 Å². The summed E-state index contributed by atoms with van der Waals surface area (Å²) in [5, 5.41) is 0. The minimum atomic E-state index is -3.57. The Labute approximate surface area is 125 Å². The van der Waals surface area contributed by atoms with Crippen LogP contribution in [-0.2, 0) is 19.6 Å². The van der Waals surface area contributed by atoms with Crippen LogP contribution in [0.1, 0.15) is 19.8 Å². The Morgan fingerprint density at radius 2 is 2.05 bits per heavy atom. The molecule has 0 bridgehead atoms. The summed E-state index contributed by atoms with van der Waals surface area (Å²) in [7, 11) is -2.20. The average Bonchev–Trinajstić information content (AvgIpc) is 3.30. The van der Waals surface area contributed by atoms with Crippen molar-refractivity contribution in [3.63, 3.8) is 0 Å². The number of esters is 1. The number of hydrogen-bond acceptors (Lipinski definition) is 5. The van der Waals surface area contributed by atoms with Gasteiger partial charge in [-0.15, -0.1) is 0 Å². The minimum Gasteiger partial charge on any atom is -0.465 e. The maximum atomic E-state index is 12.1. The van der Waals surface area contributed by atoms with E-state index in [9.17, 15) is 13.2 Å². The molecule has 0 heterocycles. The van der Waals surface area contributed by atoms with Gasteiger partial charge in [-0.1, -0.05) is 12.1 Å². The van der Waals surface area contributed by atoms with Crippen LogP contribution in [0, 0.1) is 0 Å². The fraction of sp³-hybridized carbons (Fsp3) is 0.500. The lowest BCUT2D eigenvalue weighted by atomic mass is 10.2. The summed E-state index contributed by atoms with van der Waals surface area (Å²) in [6, 6.07) is 6.90. The third-order valence-corrected chi connectivity index (χ3v) is 4.79. The van der Waals surface area contributed by atoms with Crippen molar-refractivity contribution in [2.24, 2.45) is 0 Å². The molecule has 6 nitrogen and oxygen atoms in total. The molecule has 0 amide bonds. The molecule has 1 aromatic carbocycles. The maximum Gasteiger partial charge on any atom is 0.325 e. The molecule has 7 heteroatoms. The summed E-state index contributed by atoms with van der Waals surface area (Å²) in [6.07, 6.45) is 1.90. The molecule has 21 heavy (non-hydrogen) atoms. The molecule has 1 saturated carbocycles. The quantitative estimate of drug-likeness (QED) is 0.764. The topological polar surface area (TPSA) is 75.7 Å². The van der Waals surface area contributed by atoms with Crippen LogP contribution in [0.5, 0.6) is 0 Å². The van der Waals surface area contributed by atoms with Gasteiger partial charge in [0.05, 0.1) is 12.3 Å². The van der Waals surface area contributed by atoms with E-state index in [4.69, 9.17) is 4.74 Å². The van der Waals surface area contributed by atoms with E-state index >= 15 is 0 Å². The highest BCUT2D eigenvalue weighted by atomic mass is 32.2. The first-order valence-electron chi connectivity index (χ1n) is 6.94. The standard InChI is InChI=1S/C14H20N2O4S/c1-3-20-14(17)10-16(11-8-9-11)12-6-4-5-7-13(12)21(18,19)15-2/h4-7,11,15H,3,8-10H2,1-2H3. The van der Waals surface area contributed by atoms with E-state index < -0.39 is 10.0 Å². The molecule has 116 valence electrons. The van der Waals surface area contributed by atoms with Gasteiger partial charge in [0.15, 0.2) is 0 Å². The van der Waals surface area contributed by atoms with Crippen molar-refractivity contribution in [3.8, 4) is 0 Å². The minimum absolute atomic E-state index is 0.0642. The fourth-order valence-electron chi connectivity index (χ4n) is 2.17. The molecule has 1 fully saturated rings. The average molecular weight is 312 g/mol. The number of para-hydroxylation sites is 1. The Morgan fingerprint density at radius 1 is 1.38 bits per heavy atom. The molecule has 0 atom stereocenters. The Balaban J connectivity index is 2.35. The zero-order valence-corrected chi connectivity index (χ0v) is 13.0. The Morgan fingerprint density at radius 3 is 2.62 bits per heavy atom. The van der Waals surface area contributed by atoms with Crippen LogP contribution in [0.25, 0.3) is 0 Å². The first-order valence-corrected chi connectivity index (χ1v) is 8.42. The fourth-order valence-corrected chi connectivity index (χ4v) is 3.11. The van der Waals surface area contributed by atoms with Gasteiger partial charge < -0.3 is 9.64 Å². The molecule has 1 N–H and O–H groups in total. The van der Waals surface area contributed by atoms with Crippen molar-refractivity contribution in [2.75, 3.05) is 25.1 Å². The first kappa shape index (κ1) is 15.8. The Bertz CT molecular complexity index is 611. The molecule has 0 aromatic heterocycles. The summed E-state index contributed by atoms with van der Waals surface area (Å²) in [5.41, 5.74) is 0.544. The van der Waals surface area contributed by atoms with Crippen LogP contribution in [0.2, 0.25) is 0 Å². The van der Waals surface area contributed by atoms with Gasteiger partial charge in [0.1, 0.15) is 11.4 Å². The van der Waals surface area contributed by atoms with Crippen LogP contribution in [0.4, 0.5) is 5.69 Å². The van der Waals surface area contributed by atoms with E-state index in [-0.39, 0.29) is 23.5 Å². The number of benzene rings is 1. The zero-order chi connectivity index (χ0) is 15.5. The Hall–Kier alpha value is -1.60. The number of hydrogen-bond donors (Lipinski definition) is 1. The predicted octanol–water partition coefficient (Wildman–Crippen LogP) is 1.13. The van der Waals surface area contributed by atoms with Crippen LogP contribution in [-0.4, -0.2) is 40.6 Å². The van der Waals surface area contributed by atoms with Gasteiger partial charge in [-0.2, -0.15) is 0 Å². The Kier molecular flexibility index (Phi) is 4.84. The van der Waals surface area contributed by atoms with Gasteiger partial charge in [-0.3, -0.25) is 4.79 Å². The van der Waals surface area contributed by atoms with Crippen molar-refractivity contribution < 1.29 is 17.9 Å². The molecular formula is C14H20N2O4S. The smallest absolute Gasteiger partial charge is 0.325 e. The van der Waals surface area contributed by atoms with Crippen molar-refractivity contribution in [3.05, 3.63) is 24.3 Å². The first-order chi connectivity index (χ1) is 9.99. The van der Waals surface area contributed by atoms with Crippen LogP contribution >= 0.6 is 0 Å². The molecule has 0 radical (unpaired) electrons. The molecular weight excluding hydrogens is 292 g/mol. The van der Waals surface area contributed by atoms with E-state index in [1.165, 1.54) is 7.05 Å². The number of carbonyl (C=O) groups excluding carboxylic acids is 1. The van der Waals surface area contributed by atoms with Crippen LogP contribution in [0.3, 0.4) is 0 Å². The zero-order valence-electron chi connectivity index (χ0n) is 12.2. The highest BCUT2D eigenvalue weighted by Gasteiger charge is 2.33. The number of ether oxygens (including phenoxy) is 1. The molecule has 1 aromatic rings. The number of nitrogens with one attached hydrogen (secondary N) is 1. The second-order valence-electron chi connectivity index (χ2n) is 4.84. The van der Waals surface area contributed by atoms with Gasteiger partial charge in [0, 0.05) is 6.04 Å². The second kappa shape index (κ2) is 6.44. The van der Waals surface area contributed by atoms with E-state index in [2.05, 4.69) is 4.72 Å². The van der Waals surface area contributed by atoms with Gasteiger partial charge in [-0.05, 0) is 38.9 Å². The summed E-state index contributed by atoms with van der Waals surface area (Å²) in [5.74, 6) is -0.346. The second-order valence-corrected chi connectivity index (χ2v) is 6.69. The number of anilines is 1. The van der Waals surface area contributed by atoms with Gasteiger partial charge >= 0.3 is 5.97 Å². The highest BCUT2D eigenvalue weighted by Crippen LogP contribution is 2.35. The molecule has 1 aliphatic rings. The van der Waals surface area contributed by atoms with Gasteiger partial charge in [0.2, 0.25) is 10.0 Å². The molecule has 1 aliphatic carbocycles. The molecule has 2 rings (SSSR count). The summed E-state index contributed by atoms with van der Waals surface area (Å²) in [4.78, 5) is 13.8. The molecule has 0 saturated heterocycles. The highest BCUT2D eigenvalue weighted by molar-refractivity contribution is 7.89. The third-order valence-electron chi connectivity index (χ3n) is 3.33.